The van der Waals surface area contributed by atoms with Crippen molar-refractivity contribution in [2.45, 2.75) is 37.8 Å². The number of likely N-dealkylation sites (N-methyl/N-ethyl adjacent to an activating group) is 1. The first-order valence-electron chi connectivity index (χ1n) is 9.17. The molecule has 3 rings (SSSR count). The largest absolute Gasteiger partial charge is 0.396 e. The van der Waals surface area contributed by atoms with E-state index in [1.54, 1.807) is 24.0 Å². The summed E-state index contributed by atoms with van der Waals surface area (Å²) >= 11 is 0. The molecule has 0 unspecified atom stereocenters. The average molecular weight is 374 g/mol. The van der Waals surface area contributed by atoms with Crippen LogP contribution in [0.25, 0.3) is 5.65 Å². The monoisotopic (exact) mass is 374 g/mol. The molecule has 3 N–H and O–H groups in total. The van der Waals surface area contributed by atoms with E-state index >= 15 is 0 Å². The zero-order chi connectivity index (χ0) is 19.4. The second-order valence-electron chi connectivity index (χ2n) is 6.90. The molecule has 0 aromatic carbocycles. The number of aliphatic hydroxyl groups is 1. The highest BCUT2D eigenvalue weighted by Gasteiger charge is 2.31. The van der Waals surface area contributed by atoms with E-state index in [4.69, 9.17) is 5.11 Å². The van der Waals surface area contributed by atoms with Crippen LogP contribution in [-0.2, 0) is 11.2 Å². The molecule has 0 spiro atoms. The lowest BCUT2D eigenvalue weighted by atomic mass is 10.1. The average Bonchev–Trinajstić information content (AvgIpc) is 3.24. The molecule has 0 bridgehead atoms. The van der Waals surface area contributed by atoms with Gasteiger partial charge in [-0.15, -0.1) is 0 Å². The van der Waals surface area contributed by atoms with Crippen LogP contribution in [0.1, 0.15) is 35.2 Å². The van der Waals surface area contributed by atoms with Crippen LogP contribution in [0.5, 0.6) is 0 Å². The molecule has 9 heteroatoms. The standard InChI is InChI=1S/C18H26N6O3/c1-19-16(26)7-13-3-4-14(23(13)2)9-21-18(27)15-10-22-24-11-12(5-6-25)8-20-17(15)24/h8,10-11,13-14,25H,3-7,9H2,1-2H3,(H,19,26)(H,21,27)/t13-,14+/m1/s1. The number of nitrogens with one attached hydrogen (secondary N) is 2. The van der Waals surface area contributed by atoms with E-state index in [9.17, 15) is 9.59 Å². The van der Waals surface area contributed by atoms with Crippen molar-refractivity contribution < 1.29 is 14.7 Å². The number of aromatic nitrogens is 3. The van der Waals surface area contributed by atoms with E-state index in [1.807, 2.05) is 7.05 Å². The summed E-state index contributed by atoms with van der Waals surface area (Å²) in [5, 5.41) is 18.8. The summed E-state index contributed by atoms with van der Waals surface area (Å²) in [4.78, 5) is 30.6. The number of likely N-dealkylation sites (tertiary alicyclic amines) is 1. The van der Waals surface area contributed by atoms with Crippen LogP contribution < -0.4 is 10.6 Å². The summed E-state index contributed by atoms with van der Waals surface area (Å²) in [6, 6.07) is 0.407. The second-order valence-corrected chi connectivity index (χ2v) is 6.90. The Bertz CT molecular complexity index is 821. The molecular weight excluding hydrogens is 348 g/mol. The van der Waals surface area contributed by atoms with Crippen molar-refractivity contribution in [3.8, 4) is 0 Å². The van der Waals surface area contributed by atoms with Gasteiger partial charge in [-0.25, -0.2) is 9.50 Å². The van der Waals surface area contributed by atoms with Crippen LogP contribution in [0.4, 0.5) is 0 Å². The highest BCUT2D eigenvalue weighted by Crippen LogP contribution is 2.24. The fourth-order valence-corrected chi connectivity index (χ4v) is 3.54. The van der Waals surface area contributed by atoms with E-state index in [-0.39, 0.29) is 30.5 Å². The Morgan fingerprint density at radius 1 is 1.30 bits per heavy atom. The lowest BCUT2D eigenvalue weighted by Gasteiger charge is -2.25. The molecule has 1 aliphatic rings. The van der Waals surface area contributed by atoms with Crippen LogP contribution in [0.15, 0.2) is 18.6 Å². The second kappa shape index (κ2) is 8.45. The molecule has 1 aliphatic heterocycles. The Labute approximate surface area is 157 Å². The number of hydrogen-bond donors (Lipinski definition) is 3. The maximum absolute atomic E-state index is 12.6. The van der Waals surface area contributed by atoms with Crippen molar-refractivity contribution in [3.63, 3.8) is 0 Å². The third-order valence-electron chi connectivity index (χ3n) is 5.24. The Morgan fingerprint density at radius 3 is 2.81 bits per heavy atom. The van der Waals surface area contributed by atoms with Crippen LogP contribution in [0.2, 0.25) is 0 Å². The smallest absolute Gasteiger partial charge is 0.256 e. The van der Waals surface area contributed by atoms with E-state index < -0.39 is 0 Å². The highest BCUT2D eigenvalue weighted by atomic mass is 16.3. The Morgan fingerprint density at radius 2 is 2.07 bits per heavy atom. The molecule has 0 radical (unpaired) electrons. The number of nitrogens with zero attached hydrogens (tertiary/aromatic N) is 4. The van der Waals surface area contributed by atoms with Gasteiger partial charge in [0.2, 0.25) is 5.91 Å². The molecular formula is C18H26N6O3. The Balaban J connectivity index is 1.60. The molecule has 0 aliphatic carbocycles. The Hall–Kier alpha value is -2.52. The van der Waals surface area contributed by atoms with Crippen LogP contribution in [0, 0.1) is 0 Å². The fraction of sp³-hybridized carbons (Fsp3) is 0.556. The Kier molecular flexibility index (Phi) is 6.02. The van der Waals surface area contributed by atoms with E-state index in [0.717, 1.165) is 18.4 Å². The van der Waals surface area contributed by atoms with Gasteiger partial charge in [0.15, 0.2) is 5.65 Å². The molecule has 1 saturated heterocycles. The van der Waals surface area contributed by atoms with Crippen molar-refractivity contribution in [3.05, 3.63) is 29.7 Å². The van der Waals surface area contributed by atoms with E-state index in [2.05, 4.69) is 25.6 Å². The SMILES string of the molecule is CNC(=O)C[C@H]1CC[C@@H](CNC(=O)c2cnn3cc(CCO)cnc23)N1C. The molecule has 9 nitrogen and oxygen atoms in total. The maximum Gasteiger partial charge on any atom is 0.256 e. The van der Waals surface area contributed by atoms with Gasteiger partial charge in [0.25, 0.3) is 5.91 Å². The molecule has 1 fully saturated rings. The summed E-state index contributed by atoms with van der Waals surface area (Å²) in [5.41, 5.74) is 1.77. The molecule has 146 valence electrons. The molecule has 3 heterocycles. The maximum atomic E-state index is 12.6. The quantitative estimate of drug-likeness (QED) is 0.608. The first kappa shape index (κ1) is 19.2. The fourth-order valence-electron chi connectivity index (χ4n) is 3.54. The van der Waals surface area contributed by atoms with Crippen LogP contribution >= 0.6 is 0 Å². The summed E-state index contributed by atoms with van der Waals surface area (Å²) in [5.74, 6) is -0.176. The summed E-state index contributed by atoms with van der Waals surface area (Å²) < 4.78 is 1.56. The zero-order valence-electron chi connectivity index (χ0n) is 15.7. The number of hydrogen-bond acceptors (Lipinski definition) is 6. The van der Waals surface area contributed by atoms with E-state index in [0.29, 0.717) is 30.6 Å². The van der Waals surface area contributed by atoms with Crippen molar-refractivity contribution in [1.29, 1.82) is 0 Å². The van der Waals surface area contributed by atoms with Gasteiger partial charge in [0.05, 0.1) is 6.20 Å². The van der Waals surface area contributed by atoms with Crippen molar-refractivity contribution in [2.75, 3.05) is 27.2 Å². The number of rotatable bonds is 7. The van der Waals surface area contributed by atoms with Gasteiger partial charge in [-0.05, 0) is 31.9 Å². The number of amides is 2. The number of fused-ring (bicyclic) bond motifs is 1. The number of carbonyl (C=O) groups is 2. The van der Waals surface area contributed by atoms with Crippen molar-refractivity contribution >= 4 is 17.5 Å². The van der Waals surface area contributed by atoms with E-state index in [1.165, 1.54) is 6.20 Å². The van der Waals surface area contributed by atoms with Gasteiger partial charge < -0.3 is 15.7 Å². The minimum Gasteiger partial charge on any atom is -0.396 e. The first-order valence-corrected chi connectivity index (χ1v) is 9.17. The molecule has 2 aromatic rings. The summed E-state index contributed by atoms with van der Waals surface area (Å²) in [6.07, 6.45) is 7.78. The molecule has 0 saturated carbocycles. The molecule has 2 aromatic heterocycles. The van der Waals surface area contributed by atoms with Gasteiger partial charge >= 0.3 is 0 Å². The van der Waals surface area contributed by atoms with Gasteiger partial charge in [-0.2, -0.15) is 5.10 Å². The van der Waals surface area contributed by atoms with Crippen molar-refractivity contribution in [1.82, 2.24) is 30.1 Å². The lowest BCUT2D eigenvalue weighted by molar-refractivity contribution is -0.121. The summed E-state index contributed by atoms with van der Waals surface area (Å²) in [7, 11) is 3.64. The number of aliphatic hydroxyl groups excluding tert-OH is 1. The third-order valence-corrected chi connectivity index (χ3v) is 5.24. The number of carbonyl (C=O) groups excluding carboxylic acids is 2. The normalized spacial score (nSPS) is 20.1. The van der Waals surface area contributed by atoms with Gasteiger partial charge in [0.1, 0.15) is 5.56 Å². The molecule has 27 heavy (non-hydrogen) atoms. The minimum absolute atomic E-state index is 0.0366. The highest BCUT2D eigenvalue weighted by molar-refractivity contribution is 5.99. The van der Waals surface area contributed by atoms with Gasteiger partial charge in [0, 0.05) is 51.1 Å². The predicted molar refractivity (Wildman–Crippen MR) is 99.4 cm³/mol. The summed E-state index contributed by atoms with van der Waals surface area (Å²) in [6.45, 7) is 0.553. The van der Waals surface area contributed by atoms with Crippen LogP contribution in [-0.4, -0.2) is 75.7 Å². The van der Waals surface area contributed by atoms with Crippen LogP contribution in [0.3, 0.4) is 0 Å². The lowest BCUT2D eigenvalue weighted by Crippen LogP contribution is -2.42. The topological polar surface area (TPSA) is 112 Å². The molecule has 2 atom stereocenters. The molecule has 2 amide bonds. The van der Waals surface area contributed by atoms with Gasteiger partial charge in [-0.3, -0.25) is 14.5 Å². The zero-order valence-corrected chi connectivity index (χ0v) is 15.7. The predicted octanol–water partition coefficient (Wildman–Crippen LogP) is -0.407. The van der Waals surface area contributed by atoms with Gasteiger partial charge in [-0.1, -0.05) is 0 Å². The first-order chi connectivity index (χ1) is 13.0. The van der Waals surface area contributed by atoms with Crippen molar-refractivity contribution in [2.24, 2.45) is 0 Å². The minimum atomic E-state index is -0.212. The third kappa shape index (κ3) is 4.25.